The van der Waals surface area contributed by atoms with E-state index in [2.05, 4.69) is 20.6 Å². The Balaban J connectivity index is 1.52. The summed E-state index contributed by atoms with van der Waals surface area (Å²) in [5.74, 6) is 0.205. The van der Waals surface area contributed by atoms with E-state index in [1.807, 2.05) is 0 Å². The number of hydrogen-bond acceptors (Lipinski definition) is 6. The van der Waals surface area contributed by atoms with Crippen LogP contribution in [0.4, 0.5) is 23.2 Å². The summed E-state index contributed by atoms with van der Waals surface area (Å²) in [4.78, 5) is -0.508. The molecule has 3 aromatic carbocycles. The van der Waals surface area contributed by atoms with Crippen LogP contribution in [0.2, 0.25) is 5.02 Å². The Bertz CT molecular complexity index is 1710. The third kappa shape index (κ3) is 6.26. The van der Waals surface area contributed by atoms with Crippen molar-refractivity contribution < 1.29 is 30.7 Å². The Hall–Kier alpha value is -3.97. The SMILES string of the molecule is C/C(=C\c1ccc2c(c1)N(S(=O)(=O)c1cccc(C(F)(F)F)c1)C[C@H](CCCc1nn[nH]n1)O2)c1c(F)cccc1Cl. The number of rotatable bonds is 8. The first kappa shape index (κ1) is 29.5. The molecule has 5 rings (SSSR count). The summed E-state index contributed by atoms with van der Waals surface area (Å²) in [6, 6.07) is 12.7. The van der Waals surface area contributed by atoms with Gasteiger partial charge in [0, 0.05) is 12.0 Å². The van der Waals surface area contributed by atoms with Crippen molar-refractivity contribution in [2.45, 2.75) is 43.4 Å². The van der Waals surface area contributed by atoms with Gasteiger partial charge in [0.1, 0.15) is 17.7 Å². The predicted octanol–water partition coefficient (Wildman–Crippen LogP) is 6.55. The number of halogens is 5. The molecule has 0 saturated heterocycles. The van der Waals surface area contributed by atoms with Gasteiger partial charge in [0.2, 0.25) is 0 Å². The van der Waals surface area contributed by atoms with E-state index in [1.165, 1.54) is 18.2 Å². The molecule has 0 spiro atoms. The Kier molecular flexibility index (Phi) is 8.24. The zero-order valence-electron chi connectivity index (χ0n) is 22.1. The van der Waals surface area contributed by atoms with Crippen LogP contribution in [-0.4, -0.2) is 41.7 Å². The minimum absolute atomic E-state index is 0.142. The molecule has 0 radical (unpaired) electrons. The van der Waals surface area contributed by atoms with Crippen molar-refractivity contribution in [1.82, 2.24) is 20.6 Å². The maximum absolute atomic E-state index is 14.5. The fourth-order valence-electron chi connectivity index (χ4n) is 4.73. The smallest absolute Gasteiger partial charge is 0.416 e. The number of aromatic nitrogens is 4. The molecule has 4 aromatic rings. The van der Waals surface area contributed by atoms with Crippen molar-refractivity contribution in [3.05, 3.63) is 94.0 Å². The van der Waals surface area contributed by atoms with E-state index in [0.717, 1.165) is 22.5 Å². The van der Waals surface area contributed by atoms with Gasteiger partial charge in [0.25, 0.3) is 10.0 Å². The van der Waals surface area contributed by atoms with Crippen molar-refractivity contribution >= 4 is 39.0 Å². The summed E-state index contributed by atoms with van der Waals surface area (Å²) in [6.07, 6.45) is -2.28. The molecule has 0 bridgehead atoms. The molecule has 0 unspecified atom stereocenters. The summed E-state index contributed by atoms with van der Waals surface area (Å²) >= 11 is 6.21. The quantitative estimate of drug-likeness (QED) is 0.177. The summed E-state index contributed by atoms with van der Waals surface area (Å²) in [5.41, 5.74) is 0.254. The number of fused-ring (bicyclic) bond motifs is 1. The third-order valence-corrected chi connectivity index (χ3v) is 8.81. The average Bonchev–Trinajstić information content (AvgIpc) is 3.46. The highest BCUT2D eigenvalue weighted by atomic mass is 35.5. The molecule has 14 heteroatoms. The molecule has 0 amide bonds. The van der Waals surface area contributed by atoms with E-state index in [-0.39, 0.29) is 28.6 Å². The van der Waals surface area contributed by atoms with Crippen LogP contribution in [0, 0.1) is 5.82 Å². The van der Waals surface area contributed by atoms with E-state index in [1.54, 1.807) is 31.2 Å². The highest BCUT2D eigenvalue weighted by Crippen LogP contribution is 2.40. The van der Waals surface area contributed by atoms with Gasteiger partial charge < -0.3 is 4.74 Å². The van der Waals surface area contributed by atoms with Gasteiger partial charge in [0.05, 0.1) is 27.7 Å². The zero-order chi connectivity index (χ0) is 30.1. The molecule has 0 aliphatic carbocycles. The number of nitrogens with one attached hydrogen (secondary N) is 1. The molecule has 1 aromatic heterocycles. The number of hydrogen-bond donors (Lipinski definition) is 1. The van der Waals surface area contributed by atoms with E-state index in [9.17, 15) is 26.0 Å². The van der Waals surface area contributed by atoms with Crippen LogP contribution in [0.5, 0.6) is 5.75 Å². The topological polar surface area (TPSA) is 101 Å². The lowest BCUT2D eigenvalue weighted by atomic mass is 10.0. The van der Waals surface area contributed by atoms with E-state index in [0.29, 0.717) is 42.3 Å². The summed E-state index contributed by atoms with van der Waals surface area (Å²) < 4.78 is 89.7. The number of tetrazole rings is 1. The Morgan fingerprint density at radius 3 is 2.67 bits per heavy atom. The van der Waals surface area contributed by atoms with Crippen LogP contribution in [0.25, 0.3) is 11.6 Å². The van der Waals surface area contributed by atoms with Crippen molar-refractivity contribution in [2.24, 2.45) is 0 Å². The number of aromatic amines is 1. The monoisotopic (exact) mass is 621 g/mol. The Morgan fingerprint density at radius 2 is 1.95 bits per heavy atom. The number of nitrogens with zero attached hydrogens (tertiary/aromatic N) is 4. The van der Waals surface area contributed by atoms with Crippen LogP contribution in [-0.2, 0) is 22.6 Å². The van der Waals surface area contributed by atoms with Crippen LogP contribution >= 0.6 is 11.6 Å². The summed E-state index contributed by atoms with van der Waals surface area (Å²) in [7, 11) is -4.46. The number of alkyl halides is 3. The van der Waals surface area contributed by atoms with Gasteiger partial charge in [-0.05, 0) is 73.4 Å². The van der Waals surface area contributed by atoms with E-state index >= 15 is 0 Å². The largest absolute Gasteiger partial charge is 0.486 e. The van der Waals surface area contributed by atoms with Gasteiger partial charge in [-0.3, -0.25) is 4.31 Å². The molecule has 1 aliphatic heterocycles. The lowest BCUT2D eigenvalue weighted by Gasteiger charge is -2.36. The minimum Gasteiger partial charge on any atom is -0.486 e. The van der Waals surface area contributed by atoms with Crippen LogP contribution in [0.1, 0.15) is 42.3 Å². The van der Waals surface area contributed by atoms with Gasteiger partial charge in [-0.2, -0.15) is 18.4 Å². The third-order valence-electron chi connectivity index (χ3n) is 6.72. The standard InChI is InChI=1S/C28H24ClF4N5O3S/c1-17(27-22(29)8-4-9-23(27)30)13-18-11-12-25-24(14-18)38(16-20(41-25)6-3-10-26-34-36-37-35-26)42(39,40)21-7-2-5-19(15-21)28(31,32)33/h2,4-5,7-9,11-15,20H,3,6,10,16H2,1H3,(H,34,35,36,37)/b17-13+/t20-/m0/s1. The minimum atomic E-state index is -4.73. The second kappa shape index (κ2) is 11.7. The number of allylic oxidation sites excluding steroid dienone is 1. The first-order chi connectivity index (χ1) is 19.9. The average molecular weight is 622 g/mol. The highest BCUT2D eigenvalue weighted by molar-refractivity contribution is 7.92. The summed E-state index contributed by atoms with van der Waals surface area (Å²) in [6.45, 7) is 1.51. The molecule has 42 heavy (non-hydrogen) atoms. The van der Waals surface area contributed by atoms with Crippen molar-refractivity contribution in [3.8, 4) is 5.75 Å². The van der Waals surface area contributed by atoms with Gasteiger partial charge in [-0.15, -0.1) is 10.2 Å². The number of anilines is 1. The molecule has 1 atom stereocenters. The zero-order valence-corrected chi connectivity index (χ0v) is 23.6. The number of aryl methyl sites for hydroxylation is 1. The molecule has 0 fully saturated rings. The molecule has 220 valence electrons. The van der Waals surface area contributed by atoms with Crippen molar-refractivity contribution in [1.29, 1.82) is 0 Å². The lowest BCUT2D eigenvalue weighted by molar-refractivity contribution is -0.137. The summed E-state index contributed by atoms with van der Waals surface area (Å²) in [5, 5.41) is 13.9. The first-order valence-electron chi connectivity index (χ1n) is 12.8. The normalized spacial score (nSPS) is 15.8. The number of benzene rings is 3. The maximum atomic E-state index is 14.5. The Morgan fingerprint density at radius 1 is 1.17 bits per heavy atom. The fourth-order valence-corrected chi connectivity index (χ4v) is 6.59. The number of H-pyrrole nitrogens is 1. The van der Waals surface area contributed by atoms with E-state index < -0.39 is 38.6 Å². The van der Waals surface area contributed by atoms with Crippen molar-refractivity contribution in [2.75, 3.05) is 10.8 Å². The lowest BCUT2D eigenvalue weighted by Crippen LogP contribution is -2.43. The number of ether oxygens (including phenoxy) is 1. The van der Waals surface area contributed by atoms with Gasteiger partial charge in [-0.25, -0.2) is 12.8 Å². The van der Waals surface area contributed by atoms with E-state index in [4.69, 9.17) is 16.3 Å². The van der Waals surface area contributed by atoms with Crippen LogP contribution < -0.4 is 9.04 Å². The van der Waals surface area contributed by atoms with Crippen molar-refractivity contribution in [3.63, 3.8) is 0 Å². The maximum Gasteiger partial charge on any atom is 0.416 e. The second-order valence-electron chi connectivity index (χ2n) is 9.67. The highest BCUT2D eigenvalue weighted by Gasteiger charge is 2.37. The van der Waals surface area contributed by atoms with Crippen LogP contribution in [0.3, 0.4) is 0 Å². The van der Waals surface area contributed by atoms with Gasteiger partial charge in [-0.1, -0.05) is 41.1 Å². The second-order valence-corrected chi connectivity index (χ2v) is 11.9. The fraction of sp³-hybridized carbons (Fsp3) is 0.250. The predicted molar refractivity (Wildman–Crippen MR) is 149 cm³/mol. The molecule has 1 aliphatic rings. The molecule has 0 saturated carbocycles. The molecular weight excluding hydrogens is 598 g/mol. The Labute approximate surface area is 244 Å². The van der Waals surface area contributed by atoms with Gasteiger partial charge in [0.15, 0.2) is 5.82 Å². The molecule has 2 heterocycles. The molecule has 8 nitrogen and oxygen atoms in total. The van der Waals surface area contributed by atoms with Gasteiger partial charge >= 0.3 is 6.18 Å². The molecule has 1 N–H and O–H groups in total. The number of sulfonamides is 1. The van der Waals surface area contributed by atoms with Crippen LogP contribution in [0.15, 0.2) is 65.6 Å². The first-order valence-corrected chi connectivity index (χ1v) is 14.6. The molecular formula is C28H24ClF4N5O3S.